The summed E-state index contributed by atoms with van der Waals surface area (Å²) in [4.78, 5) is 14.3. The topological polar surface area (TPSA) is 46.3 Å². The predicted molar refractivity (Wildman–Crippen MR) is 83.4 cm³/mol. The van der Waals surface area contributed by atoms with Crippen LogP contribution in [0.3, 0.4) is 0 Å². The Morgan fingerprint density at radius 3 is 2.70 bits per heavy atom. The number of hydrogen-bond acceptors (Lipinski definition) is 2. The number of nitrogen functional groups attached to an aromatic ring is 1. The van der Waals surface area contributed by atoms with Crippen LogP contribution in [0, 0.1) is 5.92 Å². The molecule has 0 bridgehead atoms. The maximum atomic E-state index is 12.4. The van der Waals surface area contributed by atoms with E-state index in [4.69, 9.17) is 5.73 Å². The molecule has 1 aliphatic rings. The first-order valence-electron chi connectivity index (χ1n) is 7.68. The van der Waals surface area contributed by atoms with Crippen LogP contribution in [-0.2, 0) is 11.2 Å². The summed E-state index contributed by atoms with van der Waals surface area (Å²) >= 11 is 0. The van der Waals surface area contributed by atoms with E-state index < -0.39 is 0 Å². The minimum Gasteiger partial charge on any atom is -0.399 e. The van der Waals surface area contributed by atoms with Gasteiger partial charge < -0.3 is 10.6 Å². The highest BCUT2D eigenvalue weighted by Crippen LogP contribution is 2.27. The maximum absolute atomic E-state index is 12.4. The van der Waals surface area contributed by atoms with Crippen LogP contribution < -0.4 is 5.73 Å². The van der Waals surface area contributed by atoms with E-state index in [1.165, 1.54) is 19.3 Å². The van der Waals surface area contributed by atoms with Gasteiger partial charge in [-0.15, -0.1) is 0 Å². The first-order valence-corrected chi connectivity index (χ1v) is 7.68. The van der Waals surface area contributed by atoms with Crippen molar-refractivity contribution in [1.82, 2.24) is 4.90 Å². The number of nitrogens with zero attached hydrogens (tertiary/aromatic N) is 1. The number of para-hydroxylation sites is 1. The lowest BCUT2D eigenvalue weighted by Gasteiger charge is -2.36. The number of carbonyl (C=O) groups is 1. The van der Waals surface area contributed by atoms with E-state index in [9.17, 15) is 4.79 Å². The molecule has 0 aromatic heterocycles. The number of amides is 1. The van der Waals surface area contributed by atoms with E-state index in [1.54, 1.807) is 0 Å². The third kappa shape index (κ3) is 3.53. The number of hydrogen-bond donors (Lipinski definition) is 1. The lowest BCUT2D eigenvalue weighted by molar-refractivity contribution is -0.133. The van der Waals surface area contributed by atoms with Crippen LogP contribution in [0.25, 0.3) is 0 Å². The van der Waals surface area contributed by atoms with Crippen molar-refractivity contribution in [2.75, 3.05) is 12.8 Å². The third-order valence-electron chi connectivity index (χ3n) is 4.62. The first-order chi connectivity index (χ1) is 9.59. The van der Waals surface area contributed by atoms with Gasteiger partial charge in [0, 0.05) is 25.2 Å². The van der Waals surface area contributed by atoms with Gasteiger partial charge in [-0.1, -0.05) is 38.0 Å². The fourth-order valence-electron chi connectivity index (χ4n) is 3.24. The lowest BCUT2D eigenvalue weighted by Crippen LogP contribution is -2.42. The van der Waals surface area contributed by atoms with Crippen LogP contribution in [0.4, 0.5) is 5.69 Å². The molecule has 0 spiro atoms. The van der Waals surface area contributed by atoms with Crippen molar-refractivity contribution in [1.29, 1.82) is 0 Å². The van der Waals surface area contributed by atoms with Crippen molar-refractivity contribution in [3.8, 4) is 0 Å². The Hall–Kier alpha value is -1.51. The normalized spacial score (nSPS) is 22.5. The Morgan fingerprint density at radius 2 is 2.00 bits per heavy atom. The number of rotatable bonds is 4. The van der Waals surface area contributed by atoms with Crippen LogP contribution in [0.15, 0.2) is 24.3 Å². The number of aryl methyl sites for hydroxylation is 1. The van der Waals surface area contributed by atoms with Gasteiger partial charge in [-0.05, 0) is 36.8 Å². The van der Waals surface area contributed by atoms with Crippen LogP contribution in [0.5, 0.6) is 0 Å². The van der Waals surface area contributed by atoms with Crippen LogP contribution in [0.2, 0.25) is 0 Å². The molecule has 2 rings (SSSR count). The lowest BCUT2D eigenvalue weighted by atomic mass is 9.85. The number of carbonyl (C=O) groups excluding carboxylic acids is 1. The van der Waals surface area contributed by atoms with Crippen molar-refractivity contribution in [3.05, 3.63) is 29.8 Å². The zero-order chi connectivity index (χ0) is 14.5. The monoisotopic (exact) mass is 274 g/mol. The molecule has 1 aliphatic carbocycles. The molecule has 1 amide bonds. The van der Waals surface area contributed by atoms with Crippen molar-refractivity contribution >= 4 is 11.6 Å². The van der Waals surface area contributed by atoms with E-state index in [2.05, 4.69) is 6.92 Å². The quantitative estimate of drug-likeness (QED) is 0.857. The van der Waals surface area contributed by atoms with E-state index in [1.807, 2.05) is 36.2 Å². The van der Waals surface area contributed by atoms with Gasteiger partial charge in [-0.25, -0.2) is 0 Å². The molecule has 3 heteroatoms. The molecule has 2 N–H and O–H groups in total. The zero-order valence-electron chi connectivity index (χ0n) is 12.6. The second-order valence-corrected chi connectivity index (χ2v) is 6.03. The Kier molecular flexibility index (Phi) is 5.05. The summed E-state index contributed by atoms with van der Waals surface area (Å²) in [5, 5.41) is 0. The zero-order valence-corrected chi connectivity index (χ0v) is 12.6. The molecule has 0 radical (unpaired) electrons. The molecule has 1 saturated carbocycles. The molecule has 1 aromatic carbocycles. The first kappa shape index (κ1) is 14.9. The fourth-order valence-corrected chi connectivity index (χ4v) is 3.24. The Balaban J connectivity index is 1.89. The smallest absolute Gasteiger partial charge is 0.222 e. The Bertz CT molecular complexity index is 458. The number of benzene rings is 1. The maximum Gasteiger partial charge on any atom is 0.222 e. The molecule has 0 heterocycles. The number of nitrogens with two attached hydrogens (primary N) is 1. The Labute approximate surface area is 122 Å². The van der Waals surface area contributed by atoms with Crippen molar-refractivity contribution < 1.29 is 4.79 Å². The van der Waals surface area contributed by atoms with Gasteiger partial charge in [0.05, 0.1) is 0 Å². The summed E-state index contributed by atoms with van der Waals surface area (Å²) in [6, 6.07) is 8.22. The summed E-state index contributed by atoms with van der Waals surface area (Å²) in [6.07, 6.45) is 6.23. The molecule has 3 nitrogen and oxygen atoms in total. The molecule has 20 heavy (non-hydrogen) atoms. The largest absolute Gasteiger partial charge is 0.399 e. The van der Waals surface area contributed by atoms with Gasteiger partial charge in [-0.3, -0.25) is 4.79 Å². The Morgan fingerprint density at radius 1 is 1.30 bits per heavy atom. The van der Waals surface area contributed by atoms with E-state index in [0.717, 1.165) is 24.1 Å². The minimum absolute atomic E-state index is 0.243. The average molecular weight is 274 g/mol. The molecule has 1 fully saturated rings. The standard InChI is InChI=1S/C17H26N2O/c1-13-7-3-6-10-16(13)19(2)17(20)12-11-14-8-4-5-9-15(14)18/h4-5,8-9,13,16H,3,6-7,10-12,18H2,1-2H3. The fraction of sp³-hybridized carbons (Fsp3) is 0.588. The summed E-state index contributed by atoms with van der Waals surface area (Å²) in [5.41, 5.74) is 7.78. The number of anilines is 1. The van der Waals surface area contributed by atoms with Crippen molar-refractivity contribution in [2.45, 2.75) is 51.5 Å². The SMILES string of the molecule is CC1CCCCC1N(C)C(=O)CCc1ccccc1N. The van der Waals surface area contributed by atoms with E-state index >= 15 is 0 Å². The van der Waals surface area contributed by atoms with E-state index in [0.29, 0.717) is 18.4 Å². The molecule has 110 valence electrons. The van der Waals surface area contributed by atoms with Gasteiger partial charge in [0.25, 0.3) is 0 Å². The summed E-state index contributed by atoms with van der Waals surface area (Å²) < 4.78 is 0. The molecule has 2 unspecified atom stereocenters. The van der Waals surface area contributed by atoms with E-state index in [-0.39, 0.29) is 5.91 Å². The van der Waals surface area contributed by atoms with Crippen LogP contribution >= 0.6 is 0 Å². The highest BCUT2D eigenvalue weighted by molar-refractivity contribution is 5.76. The van der Waals surface area contributed by atoms with Gasteiger partial charge in [0.2, 0.25) is 5.91 Å². The van der Waals surface area contributed by atoms with Gasteiger partial charge in [0.15, 0.2) is 0 Å². The van der Waals surface area contributed by atoms with Gasteiger partial charge >= 0.3 is 0 Å². The summed E-state index contributed by atoms with van der Waals surface area (Å²) in [6.45, 7) is 2.27. The van der Waals surface area contributed by atoms with Crippen LogP contribution in [0.1, 0.15) is 44.6 Å². The highest BCUT2D eigenvalue weighted by Gasteiger charge is 2.27. The third-order valence-corrected chi connectivity index (χ3v) is 4.62. The highest BCUT2D eigenvalue weighted by atomic mass is 16.2. The van der Waals surface area contributed by atoms with Crippen molar-refractivity contribution in [2.24, 2.45) is 5.92 Å². The van der Waals surface area contributed by atoms with Crippen LogP contribution in [-0.4, -0.2) is 23.9 Å². The van der Waals surface area contributed by atoms with Gasteiger partial charge in [-0.2, -0.15) is 0 Å². The summed E-state index contributed by atoms with van der Waals surface area (Å²) in [5.74, 6) is 0.867. The summed E-state index contributed by atoms with van der Waals surface area (Å²) in [7, 11) is 1.96. The molecular formula is C17H26N2O. The van der Waals surface area contributed by atoms with Gasteiger partial charge in [0.1, 0.15) is 0 Å². The predicted octanol–water partition coefficient (Wildman–Crippen LogP) is 3.24. The second-order valence-electron chi connectivity index (χ2n) is 6.03. The molecule has 0 aliphatic heterocycles. The average Bonchev–Trinajstić information content (AvgIpc) is 2.46. The molecule has 1 aromatic rings. The minimum atomic E-state index is 0.243. The molecule has 2 atom stereocenters. The molecule has 0 saturated heterocycles. The van der Waals surface area contributed by atoms with Crippen molar-refractivity contribution in [3.63, 3.8) is 0 Å². The molecular weight excluding hydrogens is 248 g/mol. The second kappa shape index (κ2) is 6.78.